The average molecular weight is 682 g/mol. The van der Waals surface area contributed by atoms with E-state index in [4.69, 9.17) is 4.74 Å². The number of hydrogen-bond acceptors (Lipinski definition) is 6. The van der Waals surface area contributed by atoms with Gasteiger partial charge in [0.2, 0.25) is 5.95 Å². The molecule has 0 radical (unpaired) electrons. The number of carboxylic acid groups (broad SMARTS) is 1. The molecular formula is C33H37F6N5O4. The Balaban J connectivity index is 1.41. The summed E-state index contributed by atoms with van der Waals surface area (Å²) < 4.78 is 89.9. The molecule has 9 nitrogen and oxygen atoms in total. The molecule has 2 aliphatic rings. The number of likely N-dealkylation sites (tertiary alicyclic amines) is 1. The van der Waals surface area contributed by atoms with Crippen molar-refractivity contribution in [3.05, 3.63) is 65.7 Å². The fraction of sp³-hybridized carbons (Fsp3) is 0.515. The number of alkyl halides is 6. The molecule has 2 fully saturated rings. The first kappa shape index (κ1) is 35.0. The number of rotatable bonds is 7. The maximum Gasteiger partial charge on any atom is 0.416 e. The number of benzene rings is 1. The standard InChI is InChI=1S/C33H37F6N5O4/c1-19-10-27(11-20(2)44(19)31(47)48-28-6-4-22(5-7-28)29(45)46)43(30-40-15-24(16-41-30)23-8-9-42(3)18-23)17-21-12-25(32(34,35)36)14-26(13-21)33(37,38)39/h8-9,12-16,18-20,22,27-28H,4-7,10-11,17H2,1-3H3,(H,45,46)/t19-,20+,22?,27?,28?. The zero-order valence-corrected chi connectivity index (χ0v) is 26.6. The largest absolute Gasteiger partial charge is 0.481 e. The molecule has 3 heterocycles. The number of carboxylic acids is 1. The lowest BCUT2D eigenvalue weighted by atomic mass is 9.87. The van der Waals surface area contributed by atoms with E-state index >= 15 is 0 Å². The molecule has 1 aliphatic carbocycles. The smallest absolute Gasteiger partial charge is 0.416 e. The topological polar surface area (TPSA) is 101 Å². The van der Waals surface area contributed by atoms with Crippen LogP contribution in [0, 0.1) is 5.92 Å². The van der Waals surface area contributed by atoms with Gasteiger partial charge < -0.3 is 24.2 Å². The van der Waals surface area contributed by atoms with Gasteiger partial charge in [-0.25, -0.2) is 14.8 Å². The molecule has 1 saturated carbocycles. The van der Waals surface area contributed by atoms with E-state index in [9.17, 15) is 41.0 Å². The van der Waals surface area contributed by atoms with E-state index in [2.05, 4.69) is 9.97 Å². The summed E-state index contributed by atoms with van der Waals surface area (Å²) in [4.78, 5) is 36.8. The predicted octanol–water partition coefficient (Wildman–Crippen LogP) is 7.55. The van der Waals surface area contributed by atoms with Crippen LogP contribution in [0.5, 0.6) is 0 Å². The molecule has 15 heteroatoms. The SMILES string of the molecule is C[C@@H]1CC(N(Cc2cc(C(F)(F)F)cc(C(F)(F)F)c2)c2ncc(-c3ccn(C)c3)cn2)C[C@H](C)N1C(=O)OC1CCC(C(=O)O)CC1. The number of ether oxygens (including phenoxy) is 1. The molecule has 0 bridgehead atoms. The number of piperidine rings is 1. The normalized spacial score (nSPS) is 23.5. The van der Waals surface area contributed by atoms with Gasteiger partial charge in [0.1, 0.15) is 6.10 Å². The van der Waals surface area contributed by atoms with E-state index in [1.807, 2.05) is 30.1 Å². The molecule has 1 aliphatic heterocycles. The number of carbonyl (C=O) groups excluding carboxylic acids is 1. The number of aryl methyl sites for hydroxylation is 1. The Labute approximate surface area is 273 Å². The van der Waals surface area contributed by atoms with Crippen LogP contribution < -0.4 is 4.90 Å². The lowest BCUT2D eigenvalue weighted by molar-refractivity contribution is -0.144. The van der Waals surface area contributed by atoms with Gasteiger partial charge in [0, 0.05) is 67.6 Å². The molecular weight excluding hydrogens is 644 g/mol. The minimum absolute atomic E-state index is 0.0986. The minimum Gasteiger partial charge on any atom is -0.481 e. The van der Waals surface area contributed by atoms with Crippen LogP contribution in [0.2, 0.25) is 0 Å². The molecule has 3 atom stereocenters. The summed E-state index contributed by atoms with van der Waals surface area (Å²) in [6.45, 7) is 3.25. The molecule has 2 aromatic heterocycles. The van der Waals surface area contributed by atoms with Crippen LogP contribution in [0.1, 0.15) is 69.1 Å². The average Bonchev–Trinajstić information content (AvgIpc) is 3.45. The van der Waals surface area contributed by atoms with E-state index in [1.54, 1.807) is 36.0 Å². The number of carbonyl (C=O) groups is 2. The van der Waals surface area contributed by atoms with Gasteiger partial charge in [0.15, 0.2) is 0 Å². The third-order valence-corrected chi connectivity index (χ3v) is 9.18. The zero-order chi connectivity index (χ0) is 35.0. The van der Waals surface area contributed by atoms with E-state index in [0.29, 0.717) is 56.2 Å². The zero-order valence-electron chi connectivity index (χ0n) is 26.6. The highest BCUT2D eigenvalue weighted by Crippen LogP contribution is 2.38. The first-order chi connectivity index (χ1) is 22.5. The van der Waals surface area contributed by atoms with E-state index in [0.717, 1.165) is 5.56 Å². The number of hydrogen-bond donors (Lipinski definition) is 1. The Morgan fingerprint density at radius 2 is 1.48 bits per heavy atom. The third-order valence-electron chi connectivity index (χ3n) is 9.18. The Hall–Kier alpha value is -4.30. The second-order valence-corrected chi connectivity index (χ2v) is 12.8. The number of aliphatic carboxylic acids is 1. The Kier molecular flexibility index (Phi) is 9.97. The van der Waals surface area contributed by atoms with Gasteiger partial charge in [-0.05, 0) is 82.2 Å². The molecule has 1 unspecified atom stereocenters. The van der Waals surface area contributed by atoms with Crippen LogP contribution in [-0.4, -0.2) is 60.8 Å². The maximum absolute atomic E-state index is 13.7. The lowest BCUT2D eigenvalue weighted by Gasteiger charge is -2.46. The highest BCUT2D eigenvalue weighted by atomic mass is 19.4. The van der Waals surface area contributed by atoms with Gasteiger partial charge >= 0.3 is 24.4 Å². The van der Waals surface area contributed by atoms with Crippen molar-refractivity contribution in [1.29, 1.82) is 0 Å². The summed E-state index contributed by atoms with van der Waals surface area (Å²) >= 11 is 0. The number of nitrogens with zero attached hydrogens (tertiary/aromatic N) is 5. The van der Waals surface area contributed by atoms with Gasteiger partial charge in [-0.1, -0.05) is 0 Å². The Morgan fingerprint density at radius 3 is 1.96 bits per heavy atom. The Morgan fingerprint density at radius 1 is 0.917 bits per heavy atom. The fourth-order valence-corrected chi connectivity index (χ4v) is 6.75. The van der Waals surface area contributed by atoms with Crippen molar-refractivity contribution in [3.8, 4) is 11.1 Å². The van der Waals surface area contributed by atoms with Crippen molar-refractivity contribution in [2.24, 2.45) is 13.0 Å². The van der Waals surface area contributed by atoms with Crippen LogP contribution in [0.3, 0.4) is 0 Å². The van der Waals surface area contributed by atoms with Crippen molar-refractivity contribution < 1.29 is 45.8 Å². The van der Waals surface area contributed by atoms with Crippen LogP contribution in [-0.2, 0) is 35.5 Å². The second-order valence-electron chi connectivity index (χ2n) is 12.8. The predicted molar refractivity (Wildman–Crippen MR) is 163 cm³/mol. The Bertz CT molecular complexity index is 1560. The van der Waals surface area contributed by atoms with Crippen molar-refractivity contribution in [2.75, 3.05) is 4.90 Å². The summed E-state index contributed by atoms with van der Waals surface area (Å²) in [5.74, 6) is -1.21. The number of aromatic nitrogens is 3. The highest BCUT2D eigenvalue weighted by Gasteiger charge is 2.41. The van der Waals surface area contributed by atoms with Crippen LogP contribution >= 0.6 is 0 Å². The van der Waals surface area contributed by atoms with Crippen LogP contribution in [0.25, 0.3) is 11.1 Å². The first-order valence-electron chi connectivity index (χ1n) is 15.7. The molecule has 1 amide bonds. The van der Waals surface area contributed by atoms with Gasteiger partial charge in [-0.2, -0.15) is 26.3 Å². The second kappa shape index (κ2) is 13.7. The number of halogens is 6. The summed E-state index contributed by atoms with van der Waals surface area (Å²) in [7, 11) is 1.85. The maximum atomic E-state index is 13.7. The molecule has 1 saturated heterocycles. The van der Waals surface area contributed by atoms with Crippen molar-refractivity contribution >= 4 is 18.0 Å². The first-order valence-corrected chi connectivity index (χ1v) is 15.7. The number of amides is 1. The van der Waals surface area contributed by atoms with Crippen LogP contribution in [0.4, 0.5) is 37.1 Å². The quantitative estimate of drug-likeness (QED) is 0.257. The molecule has 5 rings (SSSR count). The van der Waals surface area contributed by atoms with Gasteiger partial charge in [-0.3, -0.25) is 4.79 Å². The van der Waals surface area contributed by atoms with Gasteiger partial charge in [-0.15, -0.1) is 0 Å². The van der Waals surface area contributed by atoms with E-state index in [-0.39, 0.29) is 24.1 Å². The summed E-state index contributed by atoms with van der Waals surface area (Å²) in [6, 6.07) is 2.07. The molecule has 1 N–H and O–H groups in total. The molecule has 260 valence electrons. The fourth-order valence-electron chi connectivity index (χ4n) is 6.75. The van der Waals surface area contributed by atoms with Gasteiger partial charge in [0.25, 0.3) is 0 Å². The third kappa shape index (κ3) is 8.04. The minimum atomic E-state index is -5.00. The lowest BCUT2D eigenvalue weighted by Crippen LogP contribution is -2.56. The van der Waals surface area contributed by atoms with Crippen molar-refractivity contribution in [1.82, 2.24) is 19.4 Å². The summed E-state index contributed by atoms with van der Waals surface area (Å²) in [6.07, 6.45) is -1.88. The van der Waals surface area contributed by atoms with E-state index in [1.165, 1.54) is 0 Å². The highest BCUT2D eigenvalue weighted by molar-refractivity contribution is 5.70. The van der Waals surface area contributed by atoms with Crippen LogP contribution in [0.15, 0.2) is 49.1 Å². The van der Waals surface area contributed by atoms with Gasteiger partial charge in [0.05, 0.1) is 17.0 Å². The molecule has 48 heavy (non-hydrogen) atoms. The molecule has 3 aromatic rings. The monoisotopic (exact) mass is 681 g/mol. The van der Waals surface area contributed by atoms with Crippen molar-refractivity contribution in [2.45, 2.75) is 95.5 Å². The summed E-state index contributed by atoms with van der Waals surface area (Å²) in [5.41, 5.74) is -1.54. The number of anilines is 1. The molecule has 0 spiro atoms. The summed E-state index contributed by atoms with van der Waals surface area (Å²) in [5, 5.41) is 9.26. The molecule has 1 aromatic carbocycles. The van der Waals surface area contributed by atoms with Crippen molar-refractivity contribution in [3.63, 3.8) is 0 Å². The van der Waals surface area contributed by atoms with E-state index < -0.39 is 65.7 Å².